The van der Waals surface area contributed by atoms with Gasteiger partial charge in [-0.3, -0.25) is 0 Å². The summed E-state index contributed by atoms with van der Waals surface area (Å²) in [7, 11) is 0. The number of rotatable bonds is 6. The molecule has 0 aromatic heterocycles. The summed E-state index contributed by atoms with van der Waals surface area (Å²) >= 11 is 0. The summed E-state index contributed by atoms with van der Waals surface area (Å²) in [6.45, 7) is 7.95. The summed E-state index contributed by atoms with van der Waals surface area (Å²) in [6.07, 6.45) is 2.22. The maximum Gasteiger partial charge on any atom is 0.137 e. The van der Waals surface area contributed by atoms with Gasteiger partial charge in [-0.1, -0.05) is 26.0 Å². The second-order valence-corrected chi connectivity index (χ2v) is 5.85. The van der Waals surface area contributed by atoms with Crippen molar-refractivity contribution in [1.82, 2.24) is 0 Å². The van der Waals surface area contributed by atoms with Gasteiger partial charge < -0.3 is 14.7 Å². The Labute approximate surface area is 116 Å². The van der Waals surface area contributed by atoms with Crippen molar-refractivity contribution >= 4 is 0 Å². The topological polar surface area (TPSA) is 33.9 Å². The third-order valence-electron chi connectivity index (χ3n) is 3.82. The Bertz CT molecular complexity index is 369. The van der Waals surface area contributed by atoms with Crippen LogP contribution >= 0.6 is 0 Å². The molecule has 1 heterocycles. The highest BCUT2D eigenvalue weighted by atomic mass is 16.5. The second-order valence-electron chi connectivity index (χ2n) is 5.85. The van der Waals surface area contributed by atoms with Crippen molar-refractivity contribution in [3.05, 3.63) is 29.8 Å². The summed E-state index contributed by atoms with van der Waals surface area (Å²) < 4.78 is 5.65. The van der Waals surface area contributed by atoms with Gasteiger partial charge in [-0.2, -0.15) is 0 Å². The standard InChI is InChI=1S/C16H25NO2/c1-13(2)14-5-7-16(8-6-14)19-12-15(18)11-17-9-3-4-10-17/h5-8,13,15,18H,3-4,9-12H2,1-2H3/p+1/t15-/m1/s1. The summed E-state index contributed by atoms with van der Waals surface area (Å²) in [5, 5.41) is 9.97. The molecule has 1 atom stereocenters. The average Bonchev–Trinajstić information content (AvgIpc) is 2.89. The van der Waals surface area contributed by atoms with Crippen LogP contribution in [0.2, 0.25) is 0 Å². The summed E-state index contributed by atoms with van der Waals surface area (Å²) in [5.74, 6) is 1.39. The van der Waals surface area contributed by atoms with E-state index >= 15 is 0 Å². The van der Waals surface area contributed by atoms with Crippen LogP contribution in [-0.4, -0.2) is 37.5 Å². The molecule has 2 N–H and O–H groups in total. The number of likely N-dealkylation sites (tertiary alicyclic amines) is 1. The van der Waals surface area contributed by atoms with Gasteiger partial charge in [0, 0.05) is 12.8 Å². The molecule has 1 saturated heterocycles. The molecule has 1 aliphatic heterocycles. The van der Waals surface area contributed by atoms with Gasteiger partial charge in [0.05, 0.1) is 13.1 Å². The highest BCUT2D eigenvalue weighted by Gasteiger charge is 2.19. The van der Waals surface area contributed by atoms with Crippen molar-refractivity contribution in [3.8, 4) is 5.75 Å². The minimum absolute atomic E-state index is 0.363. The van der Waals surface area contributed by atoms with E-state index in [1.807, 2.05) is 12.1 Å². The van der Waals surface area contributed by atoms with Crippen molar-refractivity contribution in [3.63, 3.8) is 0 Å². The summed E-state index contributed by atoms with van der Waals surface area (Å²) in [4.78, 5) is 1.51. The third kappa shape index (κ3) is 4.51. The molecule has 0 bridgehead atoms. The van der Waals surface area contributed by atoms with Crippen molar-refractivity contribution in [2.24, 2.45) is 0 Å². The lowest BCUT2D eigenvalue weighted by atomic mass is 10.0. The summed E-state index contributed by atoms with van der Waals surface area (Å²) in [5.41, 5.74) is 1.31. The first-order valence-corrected chi connectivity index (χ1v) is 7.39. The lowest BCUT2D eigenvalue weighted by Crippen LogP contribution is -3.11. The van der Waals surface area contributed by atoms with E-state index in [-0.39, 0.29) is 6.10 Å². The molecule has 3 heteroatoms. The summed E-state index contributed by atoms with van der Waals surface area (Å²) in [6, 6.07) is 8.17. The number of aliphatic hydroxyl groups excluding tert-OH is 1. The molecular weight excluding hydrogens is 238 g/mol. The van der Waals surface area contributed by atoms with Crippen LogP contribution in [0.3, 0.4) is 0 Å². The monoisotopic (exact) mass is 264 g/mol. The molecule has 19 heavy (non-hydrogen) atoms. The Hall–Kier alpha value is -1.06. The van der Waals surface area contributed by atoms with Crippen LogP contribution in [0.25, 0.3) is 0 Å². The van der Waals surface area contributed by atoms with Crippen LogP contribution in [0.5, 0.6) is 5.75 Å². The smallest absolute Gasteiger partial charge is 0.137 e. The second kappa shape index (κ2) is 6.92. The number of ether oxygens (including phenoxy) is 1. The zero-order valence-corrected chi connectivity index (χ0v) is 12.1. The minimum Gasteiger partial charge on any atom is -0.491 e. The molecule has 0 radical (unpaired) electrons. The Morgan fingerprint density at radius 1 is 1.16 bits per heavy atom. The Balaban J connectivity index is 1.74. The fraction of sp³-hybridized carbons (Fsp3) is 0.625. The largest absolute Gasteiger partial charge is 0.491 e. The van der Waals surface area contributed by atoms with Gasteiger partial charge in [0.2, 0.25) is 0 Å². The van der Waals surface area contributed by atoms with Crippen molar-refractivity contribution in [2.75, 3.05) is 26.2 Å². The molecule has 2 rings (SSSR count). The Morgan fingerprint density at radius 3 is 2.37 bits per heavy atom. The van der Waals surface area contributed by atoms with E-state index < -0.39 is 0 Å². The van der Waals surface area contributed by atoms with Gasteiger partial charge in [-0.25, -0.2) is 0 Å². The van der Waals surface area contributed by atoms with Crippen LogP contribution in [0.15, 0.2) is 24.3 Å². The zero-order chi connectivity index (χ0) is 13.7. The zero-order valence-electron chi connectivity index (χ0n) is 12.1. The molecule has 1 aromatic carbocycles. The van der Waals surface area contributed by atoms with Crippen molar-refractivity contribution in [1.29, 1.82) is 0 Å². The molecule has 0 spiro atoms. The van der Waals surface area contributed by atoms with Crippen LogP contribution in [0.1, 0.15) is 38.2 Å². The van der Waals surface area contributed by atoms with Crippen LogP contribution in [0.4, 0.5) is 0 Å². The van der Waals surface area contributed by atoms with E-state index in [0.717, 1.165) is 12.3 Å². The molecule has 1 aliphatic rings. The third-order valence-corrected chi connectivity index (χ3v) is 3.82. The van der Waals surface area contributed by atoms with Crippen LogP contribution < -0.4 is 9.64 Å². The number of quaternary nitrogens is 1. The number of nitrogens with one attached hydrogen (secondary N) is 1. The molecule has 0 saturated carbocycles. The highest BCUT2D eigenvalue weighted by Crippen LogP contribution is 2.18. The Kier molecular flexibility index (Phi) is 5.23. The van der Waals surface area contributed by atoms with Gasteiger partial charge in [0.15, 0.2) is 0 Å². The first kappa shape index (κ1) is 14.4. The van der Waals surface area contributed by atoms with E-state index in [4.69, 9.17) is 4.74 Å². The minimum atomic E-state index is -0.363. The van der Waals surface area contributed by atoms with Gasteiger partial charge in [-0.05, 0) is 23.6 Å². The van der Waals surface area contributed by atoms with E-state index in [2.05, 4.69) is 26.0 Å². The van der Waals surface area contributed by atoms with Crippen LogP contribution in [-0.2, 0) is 0 Å². The normalized spacial score (nSPS) is 17.9. The first-order chi connectivity index (χ1) is 9.15. The predicted octanol–water partition coefficient (Wildman–Crippen LogP) is 1.23. The lowest BCUT2D eigenvalue weighted by molar-refractivity contribution is -0.890. The first-order valence-electron chi connectivity index (χ1n) is 7.39. The molecule has 3 nitrogen and oxygen atoms in total. The molecule has 1 aromatic rings. The molecular formula is C16H26NO2+. The Morgan fingerprint density at radius 2 is 1.79 bits per heavy atom. The van der Waals surface area contributed by atoms with E-state index in [9.17, 15) is 5.11 Å². The number of aliphatic hydroxyl groups is 1. The number of hydrogen-bond donors (Lipinski definition) is 2. The van der Waals surface area contributed by atoms with Gasteiger partial charge in [-0.15, -0.1) is 0 Å². The fourth-order valence-electron chi connectivity index (χ4n) is 2.61. The van der Waals surface area contributed by atoms with Gasteiger partial charge in [0.25, 0.3) is 0 Å². The van der Waals surface area contributed by atoms with Gasteiger partial charge in [0.1, 0.15) is 25.0 Å². The molecule has 0 amide bonds. The van der Waals surface area contributed by atoms with Crippen LogP contribution in [0, 0.1) is 0 Å². The number of hydrogen-bond acceptors (Lipinski definition) is 2. The quantitative estimate of drug-likeness (QED) is 0.810. The molecule has 106 valence electrons. The lowest BCUT2D eigenvalue weighted by Gasteiger charge is -2.17. The molecule has 1 fully saturated rings. The van der Waals surface area contributed by atoms with E-state index in [1.54, 1.807) is 0 Å². The maximum absolute atomic E-state index is 9.97. The fourth-order valence-corrected chi connectivity index (χ4v) is 2.61. The van der Waals surface area contributed by atoms with E-state index in [0.29, 0.717) is 12.5 Å². The van der Waals surface area contributed by atoms with Crippen molar-refractivity contribution in [2.45, 2.75) is 38.7 Å². The highest BCUT2D eigenvalue weighted by molar-refractivity contribution is 5.28. The van der Waals surface area contributed by atoms with E-state index in [1.165, 1.54) is 36.4 Å². The molecule has 0 aliphatic carbocycles. The maximum atomic E-state index is 9.97. The average molecular weight is 264 g/mol. The van der Waals surface area contributed by atoms with Crippen molar-refractivity contribution < 1.29 is 14.7 Å². The molecule has 0 unspecified atom stereocenters. The SMILES string of the molecule is CC(C)c1ccc(OC[C@H](O)C[NH+]2CCCC2)cc1. The predicted molar refractivity (Wildman–Crippen MR) is 76.8 cm³/mol. The number of benzene rings is 1. The van der Waals surface area contributed by atoms with Gasteiger partial charge >= 0.3 is 0 Å².